The fraction of sp³-hybridized carbons (Fsp3) is 0.158. The first-order valence-electron chi connectivity index (χ1n) is 7.63. The van der Waals surface area contributed by atoms with E-state index >= 15 is 0 Å². The van der Waals surface area contributed by atoms with E-state index in [1.54, 1.807) is 18.3 Å². The first-order chi connectivity index (χ1) is 11.7. The van der Waals surface area contributed by atoms with Gasteiger partial charge in [0.2, 0.25) is 5.88 Å². The number of benzene rings is 2. The van der Waals surface area contributed by atoms with Crippen LogP contribution in [0.2, 0.25) is 0 Å². The smallest absolute Gasteiger partial charge is 0.256 e. The van der Waals surface area contributed by atoms with E-state index in [0.29, 0.717) is 5.56 Å². The maximum atomic E-state index is 12.2. The zero-order valence-corrected chi connectivity index (χ0v) is 13.3. The second-order valence-electron chi connectivity index (χ2n) is 5.39. The van der Waals surface area contributed by atoms with Crippen molar-refractivity contribution in [2.75, 3.05) is 13.7 Å². The van der Waals surface area contributed by atoms with Crippen LogP contribution in [0.25, 0.3) is 10.8 Å². The van der Waals surface area contributed by atoms with Gasteiger partial charge in [-0.2, -0.15) is 0 Å². The van der Waals surface area contributed by atoms with Gasteiger partial charge >= 0.3 is 0 Å². The molecule has 0 fully saturated rings. The Morgan fingerprint density at radius 2 is 1.96 bits per heavy atom. The fourth-order valence-corrected chi connectivity index (χ4v) is 2.54. The average molecular weight is 322 g/mol. The Bertz CT molecular complexity index is 864. The second kappa shape index (κ2) is 7.10. The molecule has 0 spiro atoms. The number of nitrogens with zero attached hydrogens (tertiary/aromatic N) is 1. The number of fused-ring (bicyclic) bond motifs is 1. The highest BCUT2D eigenvalue weighted by atomic mass is 16.5. The molecule has 0 aliphatic carbocycles. The summed E-state index contributed by atoms with van der Waals surface area (Å²) in [6.45, 7) is 0.106. The Labute approximate surface area is 139 Å². The Morgan fingerprint density at radius 3 is 2.75 bits per heavy atom. The summed E-state index contributed by atoms with van der Waals surface area (Å²) in [7, 11) is 1.46. The molecule has 1 aromatic heterocycles. The summed E-state index contributed by atoms with van der Waals surface area (Å²) in [5.74, 6) is -0.0741. The van der Waals surface area contributed by atoms with E-state index in [4.69, 9.17) is 4.74 Å². The standard InChI is InChI=1S/C19H18N2O3/c1-24-19-16(7-4-10-20-19)18(23)21-12-17(22)15-9-8-13-5-2-3-6-14(13)11-15/h2-11,17,22H,12H2,1H3,(H,21,23). The lowest BCUT2D eigenvalue weighted by Crippen LogP contribution is -2.28. The number of pyridine rings is 1. The third-order valence-corrected chi connectivity index (χ3v) is 3.82. The predicted octanol–water partition coefficient (Wildman–Crippen LogP) is 2.71. The molecule has 122 valence electrons. The number of ether oxygens (including phenoxy) is 1. The lowest BCUT2D eigenvalue weighted by atomic mass is 10.0. The Hall–Kier alpha value is -2.92. The number of hydrogen-bond donors (Lipinski definition) is 2. The topological polar surface area (TPSA) is 71.5 Å². The van der Waals surface area contributed by atoms with Crippen molar-refractivity contribution >= 4 is 16.7 Å². The Balaban J connectivity index is 1.70. The first-order valence-corrected chi connectivity index (χ1v) is 7.63. The quantitative estimate of drug-likeness (QED) is 0.757. The highest BCUT2D eigenvalue weighted by Crippen LogP contribution is 2.20. The van der Waals surface area contributed by atoms with Gasteiger partial charge in [-0.05, 0) is 34.5 Å². The number of carbonyl (C=O) groups is 1. The van der Waals surface area contributed by atoms with Crippen molar-refractivity contribution < 1.29 is 14.6 Å². The largest absolute Gasteiger partial charge is 0.480 e. The number of aromatic nitrogens is 1. The van der Waals surface area contributed by atoms with E-state index < -0.39 is 6.10 Å². The van der Waals surface area contributed by atoms with Crippen LogP contribution in [0.1, 0.15) is 22.0 Å². The molecule has 1 heterocycles. The number of amides is 1. The van der Waals surface area contributed by atoms with Crippen LogP contribution in [0, 0.1) is 0 Å². The molecule has 0 aliphatic heterocycles. The first kappa shape index (κ1) is 16.0. The van der Waals surface area contributed by atoms with Crippen LogP contribution >= 0.6 is 0 Å². The van der Waals surface area contributed by atoms with E-state index in [0.717, 1.165) is 16.3 Å². The molecule has 24 heavy (non-hydrogen) atoms. The molecule has 2 aromatic carbocycles. The lowest BCUT2D eigenvalue weighted by Gasteiger charge is -2.14. The van der Waals surface area contributed by atoms with Gasteiger partial charge in [0.25, 0.3) is 5.91 Å². The minimum absolute atomic E-state index is 0.106. The van der Waals surface area contributed by atoms with E-state index in [2.05, 4.69) is 10.3 Å². The van der Waals surface area contributed by atoms with E-state index in [1.165, 1.54) is 7.11 Å². The SMILES string of the molecule is COc1ncccc1C(=O)NCC(O)c1ccc2ccccc2c1. The van der Waals surface area contributed by atoms with Crippen molar-refractivity contribution in [3.05, 3.63) is 71.9 Å². The normalized spacial score (nSPS) is 11.9. The highest BCUT2D eigenvalue weighted by molar-refractivity contribution is 5.96. The number of rotatable bonds is 5. The summed E-state index contributed by atoms with van der Waals surface area (Å²) in [6, 6.07) is 17.0. The van der Waals surface area contributed by atoms with Gasteiger partial charge in [-0.15, -0.1) is 0 Å². The number of aliphatic hydroxyl groups is 1. The third kappa shape index (κ3) is 3.36. The van der Waals surface area contributed by atoms with Gasteiger partial charge in [0.15, 0.2) is 0 Å². The maximum Gasteiger partial charge on any atom is 0.256 e. The third-order valence-electron chi connectivity index (χ3n) is 3.82. The van der Waals surface area contributed by atoms with Crippen molar-refractivity contribution in [1.82, 2.24) is 10.3 Å². The van der Waals surface area contributed by atoms with Gasteiger partial charge in [-0.3, -0.25) is 4.79 Å². The average Bonchev–Trinajstić information content (AvgIpc) is 2.65. The molecule has 5 heteroatoms. The van der Waals surface area contributed by atoms with Crippen molar-refractivity contribution in [2.24, 2.45) is 0 Å². The van der Waals surface area contributed by atoms with Crippen LogP contribution < -0.4 is 10.1 Å². The van der Waals surface area contributed by atoms with Crippen molar-refractivity contribution in [3.63, 3.8) is 0 Å². The van der Waals surface area contributed by atoms with Gasteiger partial charge < -0.3 is 15.2 Å². The molecule has 0 radical (unpaired) electrons. The van der Waals surface area contributed by atoms with Gasteiger partial charge in [-0.25, -0.2) is 4.98 Å². The number of hydrogen-bond acceptors (Lipinski definition) is 4. The van der Waals surface area contributed by atoms with Gasteiger partial charge in [0, 0.05) is 12.7 Å². The molecule has 5 nitrogen and oxygen atoms in total. The molecule has 1 atom stereocenters. The maximum absolute atomic E-state index is 12.2. The monoisotopic (exact) mass is 322 g/mol. The van der Waals surface area contributed by atoms with E-state index in [-0.39, 0.29) is 18.3 Å². The van der Waals surface area contributed by atoms with Crippen LogP contribution in [0.5, 0.6) is 5.88 Å². The Kier molecular flexibility index (Phi) is 4.72. The van der Waals surface area contributed by atoms with Crippen LogP contribution in [0.15, 0.2) is 60.8 Å². The van der Waals surface area contributed by atoms with Gasteiger partial charge in [0.05, 0.1) is 13.2 Å². The molecule has 1 unspecified atom stereocenters. The number of methoxy groups -OCH3 is 1. The zero-order valence-electron chi connectivity index (χ0n) is 13.3. The van der Waals surface area contributed by atoms with Crippen LogP contribution in [-0.4, -0.2) is 29.7 Å². The van der Waals surface area contributed by atoms with Crippen LogP contribution in [0.3, 0.4) is 0 Å². The molecule has 0 aliphatic rings. The molecule has 0 saturated carbocycles. The lowest BCUT2D eigenvalue weighted by molar-refractivity contribution is 0.0912. The molecule has 2 N–H and O–H groups in total. The van der Waals surface area contributed by atoms with Crippen LogP contribution in [0.4, 0.5) is 0 Å². The molecule has 1 amide bonds. The van der Waals surface area contributed by atoms with E-state index in [1.807, 2.05) is 42.5 Å². The van der Waals surface area contributed by atoms with Gasteiger partial charge in [0.1, 0.15) is 5.56 Å². The molecule has 0 bridgehead atoms. The highest BCUT2D eigenvalue weighted by Gasteiger charge is 2.15. The number of aliphatic hydroxyl groups excluding tert-OH is 1. The summed E-state index contributed by atoms with van der Waals surface area (Å²) >= 11 is 0. The summed E-state index contributed by atoms with van der Waals surface area (Å²) in [4.78, 5) is 16.2. The summed E-state index contributed by atoms with van der Waals surface area (Å²) in [5, 5.41) is 15.2. The van der Waals surface area contributed by atoms with Gasteiger partial charge in [-0.1, -0.05) is 36.4 Å². The van der Waals surface area contributed by atoms with Crippen molar-refractivity contribution in [1.29, 1.82) is 0 Å². The molecular formula is C19H18N2O3. The minimum atomic E-state index is -0.791. The predicted molar refractivity (Wildman–Crippen MR) is 92.0 cm³/mol. The van der Waals surface area contributed by atoms with Crippen LogP contribution in [-0.2, 0) is 0 Å². The molecule has 3 rings (SSSR count). The molecular weight excluding hydrogens is 304 g/mol. The Morgan fingerprint density at radius 1 is 1.17 bits per heavy atom. The zero-order chi connectivity index (χ0) is 16.9. The minimum Gasteiger partial charge on any atom is -0.480 e. The fourth-order valence-electron chi connectivity index (χ4n) is 2.54. The van der Waals surface area contributed by atoms with Crippen molar-refractivity contribution in [2.45, 2.75) is 6.10 Å². The summed E-state index contributed by atoms with van der Waals surface area (Å²) in [6.07, 6.45) is 0.765. The summed E-state index contributed by atoms with van der Waals surface area (Å²) in [5.41, 5.74) is 1.10. The second-order valence-corrected chi connectivity index (χ2v) is 5.39. The molecule has 3 aromatic rings. The van der Waals surface area contributed by atoms with E-state index in [9.17, 15) is 9.90 Å². The number of nitrogens with one attached hydrogen (secondary N) is 1. The molecule has 0 saturated heterocycles. The number of carbonyl (C=O) groups excluding carboxylic acids is 1. The van der Waals surface area contributed by atoms with Crippen molar-refractivity contribution in [3.8, 4) is 5.88 Å². The summed E-state index contributed by atoms with van der Waals surface area (Å²) < 4.78 is 5.07.